The van der Waals surface area contributed by atoms with Crippen molar-refractivity contribution in [1.82, 2.24) is 14.9 Å². The summed E-state index contributed by atoms with van der Waals surface area (Å²) in [6, 6.07) is 6.33. The fourth-order valence-electron chi connectivity index (χ4n) is 2.79. The number of sulfonamides is 1. The van der Waals surface area contributed by atoms with E-state index >= 15 is 0 Å². The first-order valence-corrected chi connectivity index (χ1v) is 9.92. The van der Waals surface area contributed by atoms with Crippen LogP contribution in [0.3, 0.4) is 0 Å². The second-order valence-corrected chi connectivity index (χ2v) is 8.30. The van der Waals surface area contributed by atoms with Crippen LogP contribution in [0.5, 0.6) is 0 Å². The highest BCUT2D eigenvalue weighted by molar-refractivity contribution is 7.89. The maximum absolute atomic E-state index is 12.2. The third-order valence-electron chi connectivity index (χ3n) is 4.22. The van der Waals surface area contributed by atoms with Gasteiger partial charge in [-0.2, -0.15) is 0 Å². The minimum Gasteiger partial charge on any atom is -0.349 e. The SMILES string of the molecule is CN(C)CCNS(=O)(=O)c1ccc(C(=O)NC2CCCCC2)cc1. The lowest BCUT2D eigenvalue weighted by molar-refractivity contribution is 0.0927. The van der Waals surface area contributed by atoms with Crippen molar-refractivity contribution in [2.45, 2.75) is 43.0 Å². The van der Waals surface area contributed by atoms with Crippen molar-refractivity contribution < 1.29 is 13.2 Å². The number of nitrogens with zero attached hydrogens (tertiary/aromatic N) is 1. The molecular formula is C17H27N3O3S. The number of likely N-dealkylation sites (N-methyl/N-ethyl adjacent to an activating group) is 1. The highest BCUT2D eigenvalue weighted by atomic mass is 32.2. The fourth-order valence-corrected chi connectivity index (χ4v) is 3.81. The van der Waals surface area contributed by atoms with E-state index in [1.165, 1.54) is 18.6 Å². The number of carbonyl (C=O) groups excluding carboxylic acids is 1. The summed E-state index contributed by atoms with van der Waals surface area (Å²) in [5.41, 5.74) is 0.493. The van der Waals surface area contributed by atoms with Crippen LogP contribution >= 0.6 is 0 Å². The minimum absolute atomic E-state index is 0.133. The molecule has 0 heterocycles. The summed E-state index contributed by atoms with van der Waals surface area (Å²) in [6.45, 7) is 0.973. The molecule has 24 heavy (non-hydrogen) atoms. The average molecular weight is 353 g/mol. The van der Waals surface area contributed by atoms with E-state index < -0.39 is 10.0 Å². The van der Waals surface area contributed by atoms with Gasteiger partial charge in [0.05, 0.1) is 4.90 Å². The molecule has 1 amide bonds. The molecule has 1 fully saturated rings. The molecule has 0 unspecified atom stereocenters. The van der Waals surface area contributed by atoms with Crippen LogP contribution in [0, 0.1) is 0 Å². The second-order valence-electron chi connectivity index (χ2n) is 6.53. The Kier molecular flexibility index (Phi) is 6.77. The Labute approximate surface area is 144 Å². The van der Waals surface area contributed by atoms with Crippen molar-refractivity contribution in [3.8, 4) is 0 Å². The Balaban J connectivity index is 1.95. The lowest BCUT2D eigenvalue weighted by Gasteiger charge is -2.22. The fraction of sp³-hybridized carbons (Fsp3) is 0.588. The van der Waals surface area contributed by atoms with Gasteiger partial charge in [0.15, 0.2) is 0 Å². The van der Waals surface area contributed by atoms with Crippen LogP contribution in [0.15, 0.2) is 29.2 Å². The highest BCUT2D eigenvalue weighted by Gasteiger charge is 2.18. The molecule has 1 saturated carbocycles. The lowest BCUT2D eigenvalue weighted by Crippen LogP contribution is -2.36. The summed E-state index contributed by atoms with van der Waals surface area (Å²) >= 11 is 0. The molecule has 0 radical (unpaired) electrons. The van der Waals surface area contributed by atoms with Gasteiger partial charge >= 0.3 is 0 Å². The molecule has 6 nitrogen and oxygen atoms in total. The van der Waals surface area contributed by atoms with E-state index in [4.69, 9.17) is 0 Å². The van der Waals surface area contributed by atoms with Crippen molar-refractivity contribution in [2.24, 2.45) is 0 Å². The number of carbonyl (C=O) groups is 1. The summed E-state index contributed by atoms with van der Waals surface area (Å²) in [5.74, 6) is -0.133. The van der Waals surface area contributed by atoms with Gasteiger partial charge in [0, 0.05) is 24.7 Å². The third kappa shape index (κ3) is 5.58. The van der Waals surface area contributed by atoms with Crippen molar-refractivity contribution in [3.63, 3.8) is 0 Å². The van der Waals surface area contributed by atoms with E-state index in [-0.39, 0.29) is 16.8 Å². The maximum Gasteiger partial charge on any atom is 0.251 e. The molecule has 0 saturated heterocycles. The number of benzene rings is 1. The standard InChI is InChI=1S/C17H27N3O3S/c1-20(2)13-12-18-24(22,23)16-10-8-14(9-11-16)17(21)19-15-6-4-3-5-7-15/h8-11,15,18H,3-7,12-13H2,1-2H3,(H,19,21). The van der Waals surface area contributed by atoms with Crippen LogP contribution in [-0.4, -0.2) is 52.5 Å². The first-order chi connectivity index (χ1) is 11.4. The quantitative estimate of drug-likeness (QED) is 0.780. The zero-order chi connectivity index (χ0) is 17.6. The van der Waals surface area contributed by atoms with Gasteiger partial charge in [-0.15, -0.1) is 0 Å². The zero-order valence-corrected chi connectivity index (χ0v) is 15.2. The van der Waals surface area contributed by atoms with Gasteiger partial charge < -0.3 is 10.2 Å². The van der Waals surface area contributed by atoms with E-state index in [1.54, 1.807) is 12.1 Å². The Hall–Kier alpha value is -1.44. The summed E-state index contributed by atoms with van der Waals surface area (Å²) in [7, 11) is 0.232. The predicted octanol–water partition coefficient (Wildman–Crippen LogP) is 1.59. The Morgan fingerprint density at radius 3 is 2.33 bits per heavy atom. The van der Waals surface area contributed by atoms with Gasteiger partial charge in [0.2, 0.25) is 10.0 Å². The maximum atomic E-state index is 12.2. The van der Waals surface area contributed by atoms with Crippen LogP contribution < -0.4 is 10.0 Å². The zero-order valence-electron chi connectivity index (χ0n) is 14.4. The molecule has 1 aromatic rings. The van der Waals surface area contributed by atoms with Gasteiger partial charge in [0.1, 0.15) is 0 Å². The molecule has 0 spiro atoms. The van der Waals surface area contributed by atoms with Crippen molar-refractivity contribution >= 4 is 15.9 Å². The van der Waals surface area contributed by atoms with Crippen LogP contribution in [0.4, 0.5) is 0 Å². The van der Waals surface area contributed by atoms with Crippen LogP contribution in [0.2, 0.25) is 0 Å². The Bertz CT molecular complexity index is 636. The second kappa shape index (κ2) is 8.60. The van der Waals surface area contributed by atoms with Crippen LogP contribution in [0.25, 0.3) is 0 Å². The lowest BCUT2D eigenvalue weighted by atomic mass is 9.95. The molecule has 2 N–H and O–H groups in total. The number of hydrogen-bond acceptors (Lipinski definition) is 4. The molecular weight excluding hydrogens is 326 g/mol. The van der Waals surface area contributed by atoms with Gasteiger partial charge in [-0.05, 0) is 51.2 Å². The third-order valence-corrected chi connectivity index (χ3v) is 5.70. The van der Waals surface area contributed by atoms with Gasteiger partial charge in [0.25, 0.3) is 5.91 Å². The highest BCUT2D eigenvalue weighted by Crippen LogP contribution is 2.18. The molecule has 0 aliphatic heterocycles. The minimum atomic E-state index is -3.53. The van der Waals surface area contributed by atoms with E-state index in [1.807, 2.05) is 19.0 Å². The number of nitrogens with one attached hydrogen (secondary N) is 2. The van der Waals surface area contributed by atoms with Crippen molar-refractivity contribution in [3.05, 3.63) is 29.8 Å². The Morgan fingerprint density at radius 2 is 1.75 bits per heavy atom. The topological polar surface area (TPSA) is 78.5 Å². The van der Waals surface area contributed by atoms with Gasteiger partial charge in [-0.3, -0.25) is 4.79 Å². The van der Waals surface area contributed by atoms with E-state index in [0.717, 1.165) is 25.7 Å². The molecule has 1 aliphatic carbocycles. The molecule has 1 aromatic carbocycles. The monoisotopic (exact) mass is 353 g/mol. The van der Waals surface area contributed by atoms with E-state index in [0.29, 0.717) is 18.7 Å². The molecule has 0 aromatic heterocycles. The molecule has 0 bridgehead atoms. The van der Waals surface area contributed by atoms with Crippen LogP contribution in [-0.2, 0) is 10.0 Å². The number of amides is 1. The smallest absolute Gasteiger partial charge is 0.251 e. The summed E-state index contributed by atoms with van der Waals surface area (Å²) in [5, 5.41) is 3.03. The first-order valence-electron chi connectivity index (χ1n) is 8.44. The number of hydrogen-bond donors (Lipinski definition) is 2. The summed E-state index contributed by atoms with van der Waals surface area (Å²) in [6.07, 6.45) is 5.59. The van der Waals surface area contributed by atoms with Crippen molar-refractivity contribution in [1.29, 1.82) is 0 Å². The largest absolute Gasteiger partial charge is 0.349 e. The van der Waals surface area contributed by atoms with E-state index in [9.17, 15) is 13.2 Å². The Morgan fingerprint density at radius 1 is 1.12 bits per heavy atom. The average Bonchev–Trinajstić information content (AvgIpc) is 2.55. The normalized spacial score (nSPS) is 16.3. The molecule has 0 atom stereocenters. The van der Waals surface area contributed by atoms with Crippen molar-refractivity contribution in [2.75, 3.05) is 27.2 Å². The molecule has 134 valence electrons. The van der Waals surface area contributed by atoms with Crippen LogP contribution in [0.1, 0.15) is 42.5 Å². The molecule has 1 aliphatic rings. The number of rotatable bonds is 7. The molecule has 7 heteroatoms. The van der Waals surface area contributed by atoms with E-state index in [2.05, 4.69) is 10.0 Å². The first kappa shape index (κ1) is 18.9. The predicted molar refractivity (Wildman–Crippen MR) is 94.5 cm³/mol. The van der Waals surface area contributed by atoms with Gasteiger partial charge in [-0.1, -0.05) is 19.3 Å². The summed E-state index contributed by atoms with van der Waals surface area (Å²) < 4.78 is 26.9. The van der Waals surface area contributed by atoms with Gasteiger partial charge in [-0.25, -0.2) is 13.1 Å². The summed E-state index contributed by atoms with van der Waals surface area (Å²) in [4.78, 5) is 14.3. The molecule has 2 rings (SSSR count).